The van der Waals surface area contributed by atoms with Crippen LogP contribution < -0.4 is 5.32 Å². The Morgan fingerprint density at radius 2 is 1.89 bits per heavy atom. The quantitative estimate of drug-likeness (QED) is 0.773. The number of sulfonamides is 1. The molecule has 1 fully saturated rings. The second-order valence-corrected chi connectivity index (χ2v) is 8.68. The van der Waals surface area contributed by atoms with E-state index in [1.54, 1.807) is 18.2 Å². The Morgan fingerprint density at radius 3 is 2.54 bits per heavy atom. The van der Waals surface area contributed by atoms with E-state index in [-0.39, 0.29) is 17.2 Å². The number of likely N-dealkylation sites (tertiary alicyclic amines) is 1. The number of anilines is 1. The fraction of sp³-hybridized carbons (Fsp3) is 0.300. The lowest BCUT2D eigenvalue weighted by Gasteiger charge is -2.11. The maximum Gasteiger partial charge on any atom is 0.283 e. The van der Waals surface area contributed by atoms with Gasteiger partial charge in [-0.3, -0.25) is 4.79 Å². The van der Waals surface area contributed by atoms with Crippen molar-refractivity contribution >= 4 is 39.1 Å². The standard InChI is InChI=1S/C20H22ClN3O3S/c1-24-14-4-7-19(24)23-28(26,27)17-11-9-16(10-12-17)22-20(25)13-8-15-5-2-3-6-18(15)21/h2-3,5-6,9-12H,4,7-8,13-14H2,1H3,(H,22,25)/b23-19+. The van der Waals surface area contributed by atoms with E-state index >= 15 is 0 Å². The van der Waals surface area contributed by atoms with Crippen molar-refractivity contribution in [3.05, 3.63) is 59.1 Å². The van der Waals surface area contributed by atoms with Gasteiger partial charge in [0.1, 0.15) is 5.84 Å². The Kier molecular flexibility index (Phi) is 6.36. The zero-order chi connectivity index (χ0) is 20.1. The third kappa shape index (κ3) is 5.11. The summed E-state index contributed by atoms with van der Waals surface area (Å²) in [6, 6.07) is 13.5. The molecule has 148 valence electrons. The van der Waals surface area contributed by atoms with Crippen molar-refractivity contribution in [1.82, 2.24) is 4.90 Å². The smallest absolute Gasteiger partial charge is 0.283 e. The molecule has 0 atom stereocenters. The minimum atomic E-state index is -3.75. The van der Waals surface area contributed by atoms with Gasteiger partial charge in [-0.25, -0.2) is 0 Å². The highest BCUT2D eigenvalue weighted by Gasteiger charge is 2.20. The average Bonchev–Trinajstić information content (AvgIpc) is 3.05. The largest absolute Gasteiger partial charge is 0.362 e. The zero-order valence-corrected chi connectivity index (χ0v) is 17.1. The molecule has 0 aromatic heterocycles. The van der Waals surface area contributed by atoms with Gasteiger partial charge in [0.05, 0.1) is 4.90 Å². The van der Waals surface area contributed by atoms with Gasteiger partial charge in [0, 0.05) is 37.1 Å². The second-order valence-electron chi connectivity index (χ2n) is 6.67. The molecule has 2 aromatic rings. The summed E-state index contributed by atoms with van der Waals surface area (Å²) < 4.78 is 28.8. The third-order valence-corrected chi connectivity index (χ3v) is 6.26. The lowest BCUT2D eigenvalue weighted by Crippen LogP contribution is -2.20. The maximum atomic E-state index is 12.4. The molecule has 0 radical (unpaired) electrons. The predicted molar refractivity (Wildman–Crippen MR) is 111 cm³/mol. The average molecular weight is 420 g/mol. The predicted octanol–water partition coefficient (Wildman–Crippen LogP) is 3.72. The van der Waals surface area contributed by atoms with E-state index < -0.39 is 10.0 Å². The number of halogens is 1. The molecular weight excluding hydrogens is 398 g/mol. The third-order valence-electron chi connectivity index (χ3n) is 4.58. The van der Waals surface area contributed by atoms with E-state index in [2.05, 4.69) is 9.71 Å². The number of aryl methyl sites for hydroxylation is 1. The SMILES string of the molecule is CN1CCC/C1=N\S(=O)(=O)c1ccc(NC(=O)CCc2ccccc2Cl)cc1. The van der Waals surface area contributed by atoms with Gasteiger partial charge in [-0.15, -0.1) is 4.40 Å². The monoisotopic (exact) mass is 419 g/mol. The molecule has 3 rings (SSSR count). The molecule has 0 saturated carbocycles. The first-order valence-electron chi connectivity index (χ1n) is 9.03. The van der Waals surface area contributed by atoms with Gasteiger partial charge in [-0.1, -0.05) is 29.8 Å². The summed E-state index contributed by atoms with van der Waals surface area (Å²) in [5, 5.41) is 3.41. The number of carbonyl (C=O) groups is 1. The number of amides is 1. The van der Waals surface area contributed by atoms with Gasteiger partial charge < -0.3 is 10.2 Å². The Hall–Kier alpha value is -2.38. The summed E-state index contributed by atoms with van der Waals surface area (Å²) in [6.45, 7) is 0.813. The van der Waals surface area contributed by atoms with Crippen molar-refractivity contribution in [3.63, 3.8) is 0 Å². The van der Waals surface area contributed by atoms with E-state index in [0.717, 1.165) is 18.5 Å². The summed E-state index contributed by atoms with van der Waals surface area (Å²) in [4.78, 5) is 14.1. The number of carbonyl (C=O) groups excluding carboxylic acids is 1. The molecule has 1 saturated heterocycles. The van der Waals surface area contributed by atoms with Crippen molar-refractivity contribution in [3.8, 4) is 0 Å². The fourth-order valence-electron chi connectivity index (χ4n) is 2.98. The topological polar surface area (TPSA) is 78.8 Å². The number of hydrogen-bond acceptors (Lipinski definition) is 3. The Bertz CT molecular complexity index is 988. The van der Waals surface area contributed by atoms with E-state index in [0.29, 0.717) is 29.4 Å². The van der Waals surface area contributed by atoms with Gasteiger partial charge in [-0.05, 0) is 48.7 Å². The molecule has 28 heavy (non-hydrogen) atoms. The molecule has 2 aromatic carbocycles. The Morgan fingerprint density at radius 1 is 1.18 bits per heavy atom. The molecule has 0 unspecified atom stereocenters. The molecular formula is C20H22ClN3O3S. The number of rotatable bonds is 6. The van der Waals surface area contributed by atoms with Crippen molar-refractivity contribution < 1.29 is 13.2 Å². The maximum absolute atomic E-state index is 12.4. The molecule has 1 aliphatic rings. The molecule has 0 spiro atoms. The van der Waals surface area contributed by atoms with Crippen LogP contribution in [-0.2, 0) is 21.2 Å². The summed E-state index contributed by atoms with van der Waals surface area (Å²) in [5.41, 5.74) is 1.45. The van der Waals surface area contributed by atoms with Crippen LogP contribution in [0.4, 0.5) is 5.69 Å². The summed E-state index contributed by atoms with van der Waals surface area (Å²) in [7, 11) is -1.92. The van der Waals surface area contributed by atoms with Crippen molar-refractivity contribution in [2.24, 2.45) is 4.40 Å². The summed E-state index contributed by atoms with van der Waals surface area (Å²) >= 11 is 6.10. The Labute approximate surface area is 170 Å². The van der Waals surface area contributed by atoms with Crippen LogP contribution >= 0.6 is 11.6 Å². The van der Waals surface area contributed by atoms with Crippen LogP contribution in [0.2, 0.25) is 5.02 Å². The molecule has 0 aliphatic carbocycles. The van der Waals surface area contributed by atoms with Crippen LogP contribution in [0.15, 0.2) is 57.8 Å². The lowest BCUT2D eigenvalue weighted by atomic mass is 10.1. The van der Waals surface area contributed by atoms with E-state index in [4.69, 9.17) is 11.6 Å². The first-order valence-corrected chi connectivity index (χ1v) is 10.9. The summed E-state index contributed by atoms with van der Waals surface area (Å²) in [5.74, 6) is 0.417. The normalized spacial score (nSPS) is 15.8. The van der Waals surface area contributed by atoms with E-state index in [9.17, 15) is 13.2 Å². The highest BCUT2D eigenvalue weighted by Crippen LogP contribution is 2.20. The fourth-order valence-corrected chi connectivity index (χ4v) is 4.31. The van der Waals surface area contributed by atoms with Gasteiger partial charge in [0.25, 0.3) is 10.0 Å². The number of benzene rings is 2. The lowest BCUT2D eigenvalue weighted by molar-refractivity contribution is -0.116. The minimum Gasteiger partial charge on any atom is -0.362 e. The van der Waals surface area contributed by atoms with Crippen LogP contribution in [0.1, 0.15) is 24.8 Å². The van der Waals surface area contributed by atoms with Crippen LogP contribution in [0, 0.1) is 0 Å². The highest BCUT2D eigenvalue weighted by atomic mass is 35.5. The first-order chi connectivity index (χ1) is 13.3. The van der Waals surface area contributed by atoms with Gasteiger partial charge in [-0.2, -0.15) is 8.42 Å². The molecule has 6 nitrogen and oxygen atoms in total. The second kappa shape index (κ2) is 8.75. The number of hydrogen-bond donors (Lipinski definition) is 1. The molecule has 1 N–H and O–H groups in total. The highest BCUT2D eigenvalue weighted by molar-refractivity contribution is 7.90. The van der Waals surface area contributed by atoms with Crippen molar-refractivity contribution in [2.45, 2.75) is 30.6 Å². The molecule has 0 bridgehead atoms. The molecule has 1 amide bonds. The summed E-state index contributed by atoms with van der Waals surface area (Å²) in [6.07, 6.45) is 2.38. The van der Waals surface area contributed by atoms with Gasteiger partial charge >= 0.3 is 0 Å². The Balaban J connectivity index is 1.61. The van der Waals surface area contributed by atoms with Gasteiger partial charge in [0.15, 0.2) is 0 Å². The van der Waals surface area contributed by atoms with E-state index in [1.165, 1.54) is 12.1 Å². The van der Waals surface area contributed by atoms with Crippen molar-refractivity contribution in [2.75, 3.05) is 18.9 Å². The van der Waals surface area contributed by atoms with Gasteiger partial charge in [0.2, 0.25) is 5.91 Å². The first kappa shape index (κ1) is 20.4. The minimum absolute atomic E-state index is 0.106. The molecule has 1 aliphatic heterocycles. The van der Waals surface area contributed by atoms with Crippen molar-refractivity contribution in [1.29, 1.82) is 0 Å². The molecule has 8 heteroatoms. The van der Waals surface area contributed by atoms with Crippen LogP contribution in [0.5, 0.6) is 0 Å². The zero-order valence-electron chi connectivity index (χ0n) is 15.6. The molecule has 1 heterocycles. The van der Waals surface area contributed by atoms with Crippen LogP contribution in [0.3, 0.4) is 0 Å². The van der Waals surface area contributed by atoms with Crippen LogP contribution in [-0.4, -0.2) is 38.7 Å². The van der Waals surface area contributed by atoms with E-state index in [1.807, 2.05) is 30.1 Å². The number of nitrogens with zero attached hydrogens (tertiary/aromatic N) is 2. The number of nitrogens with one attached hydrogen (secondary N) is 1. The number of amidine groups is 1. The van der Waals surface area contributed by atoms with Crippen LogP contribution in [0.25, 0.3) is 0 Å².